The molecule has 4 unspecified atom stereocenters. The fraction of sp³-hybridized carbons (Fsp3) is 0.857. The first kappa shape index (κ1) is 33.5. The number of nitrogens with one attached hydrogen (secondary N) is 1. The fourth-order valence-corrected chi connectivity index (χ4v) is 4.94. The molecule has 0 bridgehead atoms. The molecule has 0 aromatic heterocycles. The fourth-order valence-electron chi connectivity index (χ4n) is 3.59. The van der Waals surface area contributed by atoms with E-state index in [0.717, 1.165) is 6.92 Å². The van der Waals surface area contributed by atoms with Gasteiger partial charge in [0.15, 0.2) is 24.8 Å². The van der Waals surface area contributed by atoms with Gasteiger partial charge in [-0.3, -0.25) is 18.5 Å². The Balaban J connectivity index is 2.68. The molecule has 22 nitrogen and oxygen atoms in total. The Bertz CT molecular complexity index is 1230. The molecule has 8 N–H and O–H groups in total. The number of carbonyl (C=O) groups is 2. The lowest BCUT2D eigenvalue weighted by Crippen LogP contribution is -2.68. The van der Waals surface area contributed by atoms with Gasteiger partial charge in [-0.2, -0.15) is 25.3 Å². The summed E-state index contributed by atoms with van der Waals surface area (Å²) < 4.78 is 124. The number of rotatable bonds is 11. The Morgan fingerprint density at radius 2 is 1.54 bits per heavy atom. The third-order valence-electron chi connectivity index (χ3n) is 4.98. The molecule has 2 fully saturated rings. The second-order valence-corrected chi connectivity index (χ2v) is 11.1. The largest absolute Gasteiger partial charge is 0.479 e. The number of aliphatic hydroxyl groups excluding tert-OH is 3. The standard InChI is InChI=1S/C14H23NO21S3/c1-4(16)15-5-2-14(36-39(28,29)30,6(32-12(5)21)3-31-37(22,23)24)34-13-10(35-38(25,26)27)8(18)7(17)9(33-13)11(19)20/h5-10,12-13,17-18,21H,2-3H2,1H3,(H,15,16)(H,19,20)(H,22,23,24)(H,25,26,27)(H,28,29,30)/t5?,6?,7-,8-,9?,10?,12+,13-,14+/m0/s1. The van der Waals surface area contributed by atoms with Crippen molar-refractivity contribution in [1.82, 2.24) is 5.32 Å². The highest BCUT2D eigenvalue weighted by atomic mass is 32.3. The Morgan fingerprint density at radius 1 is 0.949 bits per heavy atom. The number of aliphatic hydroxyl groups is 3. The molecule has 0 aromatic rings. The number of hydrogen-bond acceptors (Lipinski definition) is 17. The SMILES string of the molecule is CC(=O)NC1C[C@@](O[C@@H]2OC(C(=O)O)[C@@H](O)[C@H](O)C2OS(=O)(=O)O)(OS(=O)(=O)O)C(COS(=O)(=O)O)O[C@H]1O. The van der Waals surface area contributed by atoms with Crippen LogP contribution in [0.25, 0.3) is 0 Å². The molecule has 2 aliphatic heterocycles. The van der Waals surface area contributed by atoms with E-state index in [1.807, 2.05) is 5.32 Å². The number of carbonyl (C=O) groups excluding carboxylic acids is 1. The van der Waals surface area contributed by atoms with Crippen molar-refractivity contribution in [1.29, 1.82) is 0 Å². The van der Waals surface area contributed by atoms with Crippen molar-refractivity contribution in [3.8, 4) is 0 Å². The zero-order chi connectivity index (χ0) is 30.1. The normalized spacial score (nSPS) is 36.3. The van der Waals surface area contributed by atoms with Crippen LogP contribution in [0.5, 0.6) is 0 Å². The molecule has 2 heterocycles. The molecule has 25 heteroatoms. The molecule has 0 saturated carbocycles. The number of hydrogen-bond donors (Lipinski definition) is 8. The van der Waals surface area contributed by atoms with Gasteiger partial charge >= 0.3 is 37.2 Å². The van der Waals surface area contributed by atoms with Crippen LogP contribution in [0, 0.1) is 0 Å². The molecule has 0 spiro atoms. The third kappa shape index (κ3) is 9.43. The van der Waals surface area contributed by atoms with E-state index in [1.54, 1.807) is 0 Å². The second-order valence-electron chi connectivity index (χ2n) is 7.91. The lowest BCUT2D eigenvalue weighted by atomic mass is 9.95. The van der Waals surface area contributed by atoms with Crippen molar-refractivity contribution in [2.45, 2.75) is 68.3 Å². The maximum atomic E-state index is 11.8. The van der Waals surface area contributed by atoms with E-state index in [9.17, 15) is 59.8 Å². The zero-order valence-electron chi connectivity index (χ0n) is 19.1. The first-order chi connectivity index (χ1) is 17.5. The minimum absolute atomic E-state index is 0.901. The van der Waals surface area contributed by atoms with Crippen LogP contribution >= 0.6 is 0 Å². The summed E-state index contributed by atoms with van der Waals surface area (Å²) in [7, 11) is -16.7. The van der Waals surface area contributed by atoms with Crippen LogP contribution in [-0.4, -0.2) is 133 Å². The highest BCUT2D eigenvalue weighted by molar-refractivity contribution is 7.81. The molecule has 0 aromatic carbocycles. The van der Waals surface area contributed by atoms with Crippen LogP contribution in [0.2, 0.25) is 0 Å². The Kier molecular flexibility index (Phi) is 10.4. The smallest absolute Gasteiger partial charge is 0.400 e. The second kappa shape index (κ2) is 12.0. The minimum Gasteiger partial charge on any atom is -0.479 e. The number of aliphatic carboxylic acids is 1. The molecule has 0 radical (unpaired) electrons. The van der Waals surface area contributed by atoms with Crippen LogP contribution in [0.4, 0.5) is 0 Å². The van der Waals surface area contributed by atoms with Gasteiger partial charge in [-0.1, -0.05) is 0 Å². The first-order valence-corrected chi connectivity index (χ1v) is 14.1. The third-order valence-corrected chi connectivity index (χ3v) is 6.38. The number of carboxylic acids is 1. The number of carboxylic acid groups (broad SMARTS) is 1. The topological polar surface area (TPSA) is 346 Å². The van der Waals surface area contributed by atoms with Gasteiger partial charge in [0.05, 0.1) is 6.04 Å². The zero-order valence-corrected chi connectivity index (χ0v) is 21.6. The van der Waals surface area contributed by atoms with Gasteiger partial charge in [0.2, 0.25) is 11.7 Å². The van der Waals surface area contributed by atoms with Gasteiger partial charge in [0.1, 0.15) is 24.9 Å². The van der Waals surface area contributed by atoms with Crippen molar-refractivity contribution in [2.75, 3.05) is 6.61 Å². The van der Waals surface area contributed by atoms with Crippen molar-refractivity contribution < 1.29 is 95.7 Å². The van der Waals surface area contributed by atoms with Crippen LogP contribution in [0.15, 0.2) is 0 Å². The van der Waals surface area contributed by atoms with E-state index in [0.29, 0.717) is 0 Å². The summed E-state index contributed by atoms with van der Waals surface area (Å²) in [6.45, 7) is -0.607. The first-order valence-electron chi connectivity index (χ1n) is 10.0. The lowest BCUT2D eigenvalue weighted by Gasteiger charge is -2.49. The van der Waals surface area contributed by atoms with E-state index in [2.05, 4.69) is 12.5 Å². The van der Waals surface area contributed by atoms with Gasteiger partial charge in [0.25, 0.3) is 0 Å². The molecule has 2 aliphatic rings. The summed E-state index contributed by atoms with van der Waals surface area (Å²) in [4.78, 5) is 23.1. The summed E-state index contributed by atoms with van der Waals surface area (Å²) in [5.74, 6) is -6.22. The summed E-state index contributed by atoms with van der Waals surface area (Å²) in [6.07, 6.45) is -18.6. The predicted molar refractivity (Wildman–Crippen MR) is 112 cm³/mol. The van der Waals surface area contributed by atoms with Crippen LogP contribution in [0.1, 0.15) is 13.3 Å². The summed E-state index contributed by atoms with van der Waals surface area (Å²) in [6, 6.07) is -1.75. The molecule has 2 rings (SSSR count). The van der Waals surface area contributed by atoms with Gasteiger partial charge in [0, 0.05) is 13.3 Å². The Morgan fingerprint density at radius 3 is 2.00 bits per heavy atom. The molecule has 39 heavy (non-hydrogen) atoms. The molecule has 2 saturated heterocycles. The van der Waals surface area contributed by atoms with E-state index in [-0.39, 0.29) is 0 Å². The average molecular weight is 638 g/mol. The maximum Gasteiger partial charge on any atom is 0.400 e. The van der Waals surface area contributed by atoms with Crippen molar-refractivity contribution in [2.24, 2.45) is 0 Å². The Hall–Kier alpha value is -1.69. The highest BCUT2D eigenvalue weighted by Gasteiger charge is 2.59. The summed E-state index contributed by atoms with van der Waals surface area (Å²) in [5, 5.41) is 41.8. The molecule has 0 aliphatic carbocycles. The monoisotopic (exact) mass is 637 g/mol. The van der Waals surface area contributed by atoms with E-state index in [4.69, 9.17) is 23.3 Å². The predicted octanol–water partition coefficient (Wildman–Crippen LogP) is -5.33. The quantitative estimate of drug-likeness (QED) is 0.0774. The van der Waals surface area contributed by atoms with Gasteiger partial charge < -0.3 is 40.0 Å². The van der Waals surface area contributed by atoms with E-state index < -0.39 is 111 Å². The summed E-state index contributed by atoms with van der Waals surface area (Å²) in [5.41, 5.74) is 0. The van der Waals surface area contributed by atoms with E-state index >= 15 is 0 Å². The van der Waals surface area contributed by atoms with Crippen molar-refractivity contribution in [3.63, 3.8) is 0 Å². The molecule has 1 amide bonds. The molecule has 9 atom stereocenters. The van der Waals surface area contributed by atoms with Gasteiger partial charge in [-0.05, 0) is 0 Å². The number of ether oxygens (including phenoxy) is 3. The van der Waals surface area contributed by atoms with Crippen molar-refractivity contribution in [3.05, 3.63) is 0 Å². The Labute approximate surface area is 219 Å². The maximum absolute atomic E-state index is 11.8. The van der Waals surface area contributed by atoms with Crippen LogP contribution in [0.3, 0.4) is 0 Å². The molecular weight excluding hydrogens is 614 g/mol. The average Bonchev–Trinajstić information content (AvgIpc) is 2.71. The molecular formula is C14H23NO21S3. The minimum atomic E-state index is -5.75. The van der Waals surface area contributed by atoms with Gasteiger partial charge in [-0.15, -0.1) is 0 Å². The van der Waals surface area contributed by atoms with Gasteiger partial charge in [-0.25, -0.2) is 17.3 Å². The van der Waals surface area contributed by atoms with Crippen molar-refractivity contribution >= 4 is 43.1 Å². The highest BCUT2D eigenvalue weighted by Crippen LogP contribution is 2.39. The number of amides is 1. The summed E-state index contributed by atoms with van der Waals surface area (Å²) >= 11 is 0. The lowest BCUT2D eigenvalue weighted by molar-refractivity contribution is -0.392. The molecule has 228 valence electrons. The van der Waals surface area contributed by atoms with Crippen LogP contribution < -0.4 is 5.32 Å². The van der Waals surface area contributed by atoms with Crippen LogP contribution in [-0.2, 0) is 67.5 Å². The van der Waals surface area contributed by atoms with E-state index in [1.165, 1.54) is 0 Å².